The molecule has 0 aliphatic rings. The molecule has 0 radical (unpaired) electrons. The molecule has 1 heterocycles. The normalized spacial score (nSPS) is 12.2. The number of carbonyl (C=O) groups is 1. The molecule has 3 aromatic rings. The van der Waals surface area contributed by atoms with Crippen LogP contribution in [0.3, 0.4) is 0 Å². The van der Waals surface area contributed by atoms with Crippen molar-refractivity contribution < 1.29 is 4.79 Å². The summed E-state index contributed by atoms with van der Waals surface area (Å²) in [6.45, 7) is 3.53. The Morgan fingerprint density at radius 3 is 2.88 bits per heavy atom. The minimum absolute atomic E-state index is 0.0347. The van der Waals surface area contributed by atoms with E-state index in [1.54, 1.807) is 6.33 Å². The predicted octanol–water partition coefficient (Wildman–Crippen LogP) is 2.20. The van der Waals surface area contributed by atoms with Gasteiger partial charge in [-0.15, -0.1) is 0 Å². The first kappa shape index (κ1) is 16.2. The second-order valence-corrected chi connectivity index (χ2v) is 5.92. The van der Waals surface area contributed by atoms with Gasteiger partial charge in [0.1, 0.15) is 0 Å². The third-order valence-electron chi connectivity index (χ3n) is 4.18. The van der Waals surface area contributed by atoms with Crippen molar-refractivity contribution in [3.8, 4) is 0 Å². The molecule has 0 spiro atoms. The van der Waals surface area contributed by atoms with Crippen LogP contribution in [-0.2, 0) is 11.3 Å². The van der Waals surface area contributed by atoms with Gasteiger partial charge in [-0.1, -0.05) is 42.0 Å². The molecule has 124 valence electrons. The van der Waals surface area contributed by atoms with Gasteiger partial charge in [0, 0.05) is 19.6 Å². The lowest BCUT2D eigenvalue weighted by Crippen LogP contribution is -2.35. The van der Waals surface area contributed by atoms with Gasteiger partial charge in [-0.25, -0.2) is 4.98 Å². The number of para-hydroxylation sites is 2. The summed E-state index contributed by atoms with van der Waals surface area (Å²) in [4.78, 5) is 16.8. The summed E-state index contributed by atoms with van der Waals surface area (Å²) in [5.41, 5.74) is 9.94. The third-order valence-corrected chi connectivity index (χ3v) is 4.18. The molecule has 0 saturated carbocycles. The molecule has 2 aromatic carbocycles. The number of amides is 1. The molecule has 3 N–H and O–H groups in total. The van der Waals surface area contributed by atoms with Gasteiger partial charge in [0.05, 0.1) is 23.3 Å². The molecular formula is C19H22N4O. The molecule has 1 unspecified atom stereocenters. The van der Waals surface area contributed by atoms with Crippen molar-refractivity contribution in [1.29, 1.82) is 0 Å². The lowest BCUT2D eigenvalue weighted by atomic mass is 9.97. The molecule has 0 saturated heterocycles. The van der Waals surface area contributed by atoms with Crippen LogP contribution in [0.2, 0.25) is 0 Å². The fraction of sp³-hybridized carbons (Fsp3) is 0.263. The lowest BCUT2D eigenvalue weighted by molar-refractivity contribution is -0.122. The summed E-state index contributed by atoms with van der Waals surface area (Å²) in [5.74, 6) is -0.350. The molecule has 0 bridgehead atoms. The van der Waals surface area contributed by atoms with Crippen molar-refractivity contribution in [2.45, 2.75) is 19.4 Å². The molecule has 0 fully saturated rings. The number of nitrogens with two attached hydrogens (primary N) is 1. The standard InChI is InChI=1S/C19H22N4O/c1-14-5-4-6-15(11-14)16(12-20)19(24)21-9-10-23-13-22-17-7-2-3-8-18(17)23/h2-8,11,13,16H,9-10,12,20H2,1H3,(H,21,24). The lowest BCUT2D eigenvalue weighted by Gasteiger charge is -2.16. The first-order chi connectivity index (χ1) is 11.7. The average Bonchev–Trinajstić information content (AvgIpc) is 2.99. The van der Waals surface area contributed by atoms with Crippen molar-refractivity contribution in [2.75, 3.05) is 13.1 Å². The molecule has 1 atom stereocenters. The molecule has 3 rings (SSSR count). The Hall–Kier alpha value is -2.66. The van der Waals surface area contributed by atoms with Crippen LogP contribution in [0.25, 0.3) is 11.0 Å². The topological polar surface area (TPSA) is 72.9 Å². The second kappa shape index (κ2) is 7.27. The van der Waals surface area contributed by atoms with E-state index in [-0.39, 0.29) is 11.8 Å². The van der Waals surface area contributed by atoms with Crippen molar-refractivity contribution in [3.63, 3.8) is 0 Å². The van der Waals surface area contributed by atoms with Crippen molar-refractivity contribution in [2.24, 2.45) is 5.73 Å². The third kappa shape index (κ3) is 3.46. The maximum Gasteiger partial charge on any atom is 0.228 e. The summed E-state index contributed by atoms with van der Waals surface area (Å²) in [6.07, 6.45) is 1.80. The van der Waals surface area contributed by atoms with E-state index >= 15 is 0 Å². The number of hydrogen-bond donors (Lipinski definition) is 2. The van der Waals surface area contributed by atoms with Gasteiger partial charge in [-0.05, 0) is 24.6 Å². The molecule has 5 nitrogen and oxygen atoms in total. The smallest absolute Gasteiger partial charge is 0.228 e. The van der Waals surface area contributed by atoms with Crippen LogP contribution in [0.5, 0.6) is 0 Å². The minimum Gasteiger partial charge on any atom is -0.354 e. The van der Waals surface area contributed by atoms with Gasteiger partial charge in [-0.3, -0.25) is 4.79 Å². The summed E-state index contributed by atoms with van der Waals surface area (Å²) in [5, 5.41) is 2.99. The highest BCUT2D eigenvalue weighted by Crippen LogP contribution is 2.16. The fourth-order valence-electron chi connectivity index (χ4n) is 2.89. The molecule has 5 heteroatoms. The predicted molar refractivity (Wildman–Crippen MR) is 95.7 cm³/mol. The first-order valence-corrected chi connectivity index (χ1v) is 8.13. The van der Waals surface area contributed by atoms with Crippen LogP contribution < -0.4 is 11.1 Å². The van der Waals surface area contributed by atoms with E-state index in [2.05, 4.69) is 10.3 Å². The zero-order valence-electron chi connectivity index (χ0n) is 13.8. The number of imidazole rings is 1. The molecule has 1 amide bonds. The van der Waals surface area contributed by atoms with E-state index in [0.717, 1.165) is 22.2 Å². The van der Waals surface area contributed by atoms with Crippen LogP contribution in [-0.4, -0.2) is 28.5 Å². The zero-order chi connectivity index (χ0) is 16.9. The largest absolute Gasteiger partial charge is 0.354 e. The second-order valence-electron chi connectivity index (χ2n) is 5.92. The van der Waals surface area contributed by atoms with Gasteiger partial charge >= 0.3 is 0 Å². The number of fused-ring (bicyclic) bond motifs is 1. The quantitative estimate of drug-likeness (QED) is 0.731. The number of aryl methyl sites for hydroxylation is 1. The number of carbonyl (C=O) groups excluding carboxylic acids is 1. The van der Waals surface area contributed by atoms with Crippen molar-refractivity contribution in [3.05, 3.63) is 66.0 Å². The van der Waals surface area contributed by atoms with Gasteiger partial charge in [0.2, 0.25) is 5.91 Å². The van der Waals surface area contributed by atoms with Gasteiger partial charge in [0.25, 0.3) is 0 Å². The highest BCUT2D eigenvalue weighted by atomic mass is 16.1. The van der Waals surface area contributed by atoms with Crippen LogP contribution >= 0.6 is 0 Å². The Kier molecular flexibility index (Phi) is 4.91. The number of nitrogens with zero attached hydrogens (tertiary/aromatic N) is 2. The van der Waals surface area contributed by atoms with E-state index in [4.69, 9.17) is 5.73 Å². The molecule has 0 aliphatic heterocycles. The summed E-state index contributed by atoms with van der Waals surface area (Å²) < 4.78 is 2.04. The van der Waals surface area contributed by atoms with Gasteiger partial charge in [-0.2, -0.15) is 0 Å². The molecule has 1 aromatic heterocycles. The Bertz CT molecular complexity index is 840. The molecule has 24 heavy (non-hydrogen) atoms. The maximum absolute atomic E-state index is 12.5. The first-order valence-electron chi connectivity index (χ1n) is 8.13. The van der Waals surface area contributed by atoms with Gasteiger partial charge in [0.15, 0.2) is 0 Å². The Labute approximate surface area is 141 Å². The zero-order valence-corrected chi connectivity index (χ0v) is 13.8. The van der Waals surface area contributed by atoms with E-state index in [0.29, 0.717) is 19.6 Å². The Balaban J connectivity index is 1.62. The number of rotatable bonds is 6. The maximum atomic E-state index is 12.5. The van der Waals surface area contributed by atoms with E-state index < -0.39 is 0 Å². The highest BCUT2D eigenvalue weighted by Gasteiger charge is 2.18. The van der Waals surface area contributed by atoms with Crippen LogP contribution in [0.15, 0.2) is 54.9 Å². The Morgan fingerprint density at radius 2 is 2.08 bits per heavy atom. The Morgan fingerprint density at radius 1 is 1.25 bits per heavy atom. The average molecular weight is 322 g/mol. The molecular weight excluding hydrogens is 300 g/mol. The number of benzene rings is 2. The van der Waals surface area contributed by atoms with E-state index in [1.165, 1.54) is 0 Å². The van der Waals surface area contributed by atoms with Crippen LogP contribution in [0, 0.1) is 6.92 Å². The molecule has 0 aliphatic carbocycles. The minimum atomic E-state index is -0.315. The van der Waals surface area contributed by atoms with Crippen LogP contribution in [0.4, 0.5) is 0 Å². The summed E-state index contributed by atoms with van der Waals surface area (Å²) >= 11 is 0. The summed E-state index contributed by atoms with van der Waals surface area (Å²) in [6, 6.07) is 15.9. The number of aromatic nitrogens is 2. The summed E-state index contributed by atoms with van der Waals surface area (Å²) in [7, 11) is 0. The fourth-order valence-corrected chi connectivity index (χ4v) is 2.89. The highest BCUT2D eigenvalue weighted by molar-refractivity contribution is 5.84. The number of hydrogen-bond acceptors (Lipinski definition) is 3. The van der Waals surface area contributed by atoms with E-state index in [9.17, 15) is 4.79 Å². The SMILES string of the molecule is Cc1cccc(C(CN)C(=O)NCCn2cnc3ccccc32)c1. The monoisotopic (exact) mass is 322 g/mol. The van der Waals surface area contributed by atoms with Crippen LogP contribution in [0.1, 0.15) is 17.0 Å². The van der Waals surface area contributed by atoms with Gasteiger partial charge < -0.3 is 15.6 Å². The van der Waals surface area contributed by atoms with Crippen molar-refractivity contribution in [1.82, 2.24) is 14.9 Å². The van der Waals surface area contributed by atoms with E-state index in [1.807, 2.05) is 60.0 Å². The van der Waals surface area contributed by atoms with Crippen molar-refractivity contribution >= 4 is 16.9 Å². The number of nitrogens with one attached hydrogen (secondary N) is 1.